The molecule has 4 nitrogen and oxygen atoms in total. The SMILES string of the molecule is COCC(C)n1ccnc1NCc1cc(F)ccc1F. The van der Waals surface area contributed by atoms with Crippen molar-refractivity contribution in [1.29, 1.82) is 0 Å². The summed E-state index contributed by atoms with van der Waals surface area (Å²) in [5.41, 5.74) is 0.263. The number of hydrogen-bond donors (Lipinski definition) is 1. The van der Waals surface area contributed by atoms with Crippen LogP contribution in [0, 0.1) is 11.6 Å². The lowest BCUT2D eigenvalue weighted by Gasteiger charge is -2.16. The summed E-state index contributed by atoms with van der Waals surface area (Å²) >= 11 is 0. The molecule has 1 heterocycles. The van der Waals surface area contributed by atoms with Crippen LogP contribution in [0.1, 0.15) is 18.5 Å². The maximum atomic E-state index is 13.5. The summed E-state index contributed by atoms with van der Waals surface area (Å²) in [6.45, 7) is 2.69. The van der Waals surface area contributed by atoms with Gasteiger partial charge in [0.1, 0.15) is 11.6 Å². The van der Waals surface area contributed by atoms with E-state index in [0.717, 1.165) is 12.1 Å². The van der Waals surface area contributed by atoms with Gasteiger partial charge < -0.3 is 14.6 Å². The number of halogens is 2. The predicted molar refractivity (Wildman–Crippen MR) is 72.5 cm³/mol. The highest BCUT2D eigenvalue weighted by Crippen LogP contribution is 2.16. The van der Waals surface area contributed by atoms with Crippen molar-refractivity contribution < 1.29 is 13.5 Å². The van der Waals surface area contributed by atoms with Crippen LogP contribution >= 0.6 is 0 Å². The van der Waals surface area contributed by atoms with Gasteiger partial charge in [-0.25, -0.2) is 13.8 Å². The van der Waals surface area contributed by atoms with Crippen LogP contribution in [0.5, 0.6) is 0 Å². The Morgan fingerprint density at radius 1 is 1.40 bits per heavy atom. The van der Waals surface area contributed by atoms with E-state index in [1.807, 2.05) is 17.7 Å². The molecule has 1 atom stereocenters. The fourth-order valence-corrected chi connectivity index (χ4v) is 1.98. The Morgan fingerprint density at radius 3 is 2.95 bits per heavy atom. The Morgan fingerprint density at radius 2 is 2.20 bits per heavy atom. The van der Waals surface area contributed by atoms with Crippen LogP contribution in [0.15, 0.2) is 30.6 Å². The smallest absolute Gasteiger partial charge is 0.203 e. The number of imidazole rings is 1. The van der Waals surface area contributed by atoms with Gasteiger partial charge in [0, 0.05) is 31.6 Å². The molecule has 0 saturated carbocycles. The third-order valence-electron chi connectivity index (χ3n) is 3.00. The van der Waals surface area contributed by atoms with Gasteiger partial charge in [0.25, 0.3) is 0 Å². The molecule has 0 saturated heterocycles. The van der Waals surface area contributed by atoms with Gasteiger partial charge in [0.2, 0.25) is 5.95 Å². The molecule has 2 rings (SSSR count). The molecule has 1 aromatic carbocycles. The molecule has 20 heavy (non-hydrogen) atoms. The highest BCUT2D eigenvalue weighted by molar-refractivity contribution is 5.30. The summed E-state index contributed by atoms with van der Waals surface area (Å²) in [6, 6.07) is 3.49. The van der Waals surface area contributed by atoms with E-state index in [-0.39, 0.29) is 18.2 Å². The van der Waals surface area contributed by atoms with Gasteiger partial charge in [-0.15, -0.1) is 0 Å². The third kappa shape index (κ3) is 3.33. The maximum Gasteiger partial charge on any atom is 0.203 e. The minimum Gasteiger partial charge on any atom is -0.383 e. The van der Waals surface area contributed by atoms with Gasteiger partial charge in [-0.05, 0) is 25.1 Å². The van der Waals surface area contributed by atoms with Crippen molar-refractivity contribution in [3.8, 4) is 0 Å². The topological polar surface area (TPSA) is 39.1 Å². The normalized spacial score (nSPS) is 12.4. The van der Waals surface area contributed by atoms with Crippen molar-refractivity contribution in [2.45, 2.75) is 19.5 Å². The lowest BCUT2D eigenvalue weighted by Crippen LogP contribution is -2.14. The molecule has 0 amide bonds. The number of aromatic nitrogens is 2. The Balaban J connectivity index is 2.08. The molecule has 0 aliphatic rings. The van der Waals surface area contributed by atoms with Crippen LogP contribution < -0.4 is 5.32 Å². The lowest BCUT2D eigenvalue weighted by atomic mass is 10.2. The quantitative estimate of drug-likeness (QED) is 0.884. The molecule has 1 unspecified atom stereocenters. The molecule has 0 aliphatic carbocycles. The van der Waals surface area contributed by atoms with Crippen molar-refractivity contribution in [1.82, 2.24) is 9.55 Å². The second-order valence-corrected chi connectivity index (χ2v) is 4.55. The lowest BCUT2D eigenvalue weighted by molar-refractivity contribution is 0.163. The number of anilines is 1. The van der Waals surface area contributed by atoms with Gasteiger partial charge in [-0.2, -0.15) is 0 Å². The molecular weight excluding hydrogens is 264 g/mol. The summed E-state index contributed by atoms with van der Waals surface area (Å²) in [6.07, 6.45) is 3.46. The van der Waals surface area contributed by atoms with Crippen molar-refractivity contribution in [2.24, 2.45) is 0 Å². The second kappa shape index (κ2) is 6.47. The van der Waals surface area contributed by atoms with Crippen molar-refractivity contribution in [3.63, 3.8) is 0 Å². The Kier molecular flexibility index (Phi) is 4.68. The van der Waals surface area contributed by atoms with E-state index < -0.39 is 11.6 Å². The van der Waals surface area contributed by atoms with Crippen LogP contribution in [-0.4, -0.2) is 23.3 Å². The van der Waals surface area contributed by atoms with Crippen molar-refractivity contribution in [3.05, 3.63) is 47.8 Å². The molecule has 0 spiro atoms. The van der Waals surface area contributed by atoms with Gasteiger partial charge in [0.05, 0.1) is 12.6 Å². The van der Waals surface area contributed by atoms with E-state index in [2.05, 4.69) is 10.3 Å². The zero-order chi connectivity index (χ0) is 14.5. The molecule has 0 radical (unpaired) electrons. The molecule has 0 fully saturated rings. The zero-order valence-electron chi connectivity index (χ0n) is 11.4. The number of nitrogens with one attached hydrogen (secondary N) is 1. The average molecular weight is 281 g/mol. The van der Waals surface area contributed by atoms with Crippen LogP contribution in [0.4, 0.5) is 14.7 Å². The number of nitrogens with zero attached hydrogens (tertiary/aromatic N) is 2. The number of hydrogen-bond acceptors (Lipinski definition) is 3. The van der Waals surface area contributed by atoms with Crippen molar-refractivity contribution in [2.75, 3.05) is 19.0 Å². The summed E-state index contributed by atoms with van der Waals surface area (Å²) in [5.74, 6) is -0.306. The Labute approximate surface area is 116 Å². The van der Waals surface area contributed by atoms with Crippen LogP contribution in [0.3, 0.4) is 0 Å². The first-order valence-electron chi connectivity index (χ1n) is 6.31. The van der Waals surface area contributed by atoms with E-state index in [4.69, 9.17) is 4.74 Å². The first-order valence-corrected chi connectivity index (χ1v) is 6.31. The largest absolute Gasteiger partial charge is 0.383 e. The van der Waals surface area contributed by atoms with E-state index in [1.165, 1.54) is 6.07 Å². The highest BCUT2D eigenvalue weighted by Gasteiger charge is 2.10. The number of ether oxygens (including phenoxy) is 1. The molecule has 0 bridgehead atoms. The van der Waals surface area contributed by atoms with E-state index in [9.17, 15) is 8.78 Å². The monoisotopic (exact) mass is 281 g/mol. The molecule has 0 aliphatic heterocycles. The standard InChI is InChI=1S/C14H17F2N3O/c1-10(9-20-2)19-6-5-17-14(19)18-8-11-7-12(15)3-4-13(11)16/h3-7,10H,8-9H2,1-2H3,(H,17,18). The second-order valence-electron chi connectivity index (χ2n) is 4.55. The summed E-state index contributed by atoms with van der Waals surface area (Å²) in [7, 11) is 1.63. The van der Waals surface area contributed by atoms with Crippen molar-refractivity contribution >= 4 is 5.95 Å². The van der Waals surface area contributed by atoms with Gasteiger partial charge in [-0.1, -0.05) is 0 Å². The average Bonchev–Trinajstić information content (AvgIpc) is 2.88. The predicted octanol–water partition coefficient (Wildman–Crippen LogP) is 2.98. The van der Waals surface area contributed by atoms with Crippen LogP contribution in [0.25, 0.3) is 0 Å². The number of methoxy groups -OCH3 is 1. The van der Waals surface area contributed by atoms with Gasteiger partial charge in [0.15, 0.2) is 0 Å². The number of benzene rings is 1. The molecule has 1 N–H and O–H groups in total. The number of rotatable bonds is 6. The van der Waals surface area contributed by atoms with Gasteiger partial charge in [-0.3, -0.25) is 0 Å². The fourth-order valence-electron chi connectivity index (χ4n) is 1.98. The van der Waals surface area contributed by atoms with E-state index >= 15 is 0 Å². The molecular formula is C14H17F2N3O. The van der Waals surface area contributed by atoms with Gasteiger partial charge >= 0.3 is 0 Å². The molecule has 6 heteroatoms. The minimum absolute atomic E-state index is 0.0994. The summed E-state index contributed by atoms with van der Waals surface area (Å²) in [4.78, 5) is 4.17. The molecule has 1 aromatic heterocycles. The van der Waals surface area contributed by atoms with E-state index in [1.54, 1.807) is 13.3 Å². The maximum absolute atomic E-state index is 13.5. The third-order valence-corrected chi connectivity index (χ3v) is 3.00. The first kappa shape index (κ1) is 14.5. The Hall–Kier alpha value is -1.95. The highest BCUT2D eigenvalue weighted by atomic mass is 19.1. The fraction of sp³-hybridized carbons (Fsp3) is 0.357. The van der Waals surface area contributed by atoms with E-state index in [0.29, 0.717) is 12.6 Å². The summed E-state index contributed by atoms with van der Waals surface area (Å²) in [5, 5.41) is 3.01. The minimum atomic E-state index is -0.459. The summed E-state index contributed by atoms with van der Waals surface area (Å²) < 4.78 is 33.6. The molecule has 2 aromatic rings. The first-order chi connectivity index (χ1) is 9.61. The molecule has 108 valence electrons. The van der Waals surface area contributed by atoms with Crippen LogP contribution in [-0.2, 0) is 11.3 Å². The zero-order valence-corrected chi connectivity index (χ0v) is 11.4. The Bertz CT molecular complexity index is 571. The van der Waals surface area contributed by atoms with Crippen LogP contribution in [0.2, 0.25) is 0 Å².